The molecular weight excluding hydrogens is 320 g/mol. The molecule has 2 heterocycles. The molecule has 0 unspecified atom stereocenters. The molecule has 1 aromatic carbocycles. The van der Waals surface area contributed by atoms with Crippen molar-refractivity contribution in [1.82, 2.24) is 4.98 Å². The molecule has 0 atom stereocenters. The second kappa shape index (κ2) is 5.38. The third kappa shape index (κ3) is 2.67. The van der Waals surface area contributed by atoms with Crippen LogP contribution in [0, 0.1) is 0 Å². The van der Waals surface area contributed by atoms with Crippen LogP contribution >= 0.6 is 15.9 Å². The first kappa shape index (κ1) is 12.7. The lowest BCUT2D eigenvalue weighted by Crippen LogP contribution is -2.05. The molecule has 2 aromatic rings. The minimum atomic E-state index is -0.455. The summed E-state index contributed by atoms with van der Waals surface area (Å²) in [6.07, 6.45) is 4.95. The molecule has 0 saturated carbocycles. The number of carbonyl (C=O) groups is 1. The lowest BCUT2D eigenvalue weighted by atomic mass is 10.2. The van der Waals surface area contributed by atoms with Crippen molar-refractivity contribution in [3.8, 4) is 0 Å². The normalized spacial score (nSPS) is 16.1. The number of carbonyl (C=O) groups excluding carboxylic acids is 1. The van der Waals surface area contributed by atoms with Crippen molar-refractivity contribution in [2.45, 2.75) is 0 Å². The van der Waals surface area contributed by atoms with Crippen molar-refractivity contribution in [2.24, 2.45) is 4.99 Å². The Morgan fingerprint density at radius 2 is 1.95 bits per heavy atom. The molecule has 1 aliphatic rings. The van der Waals surface area contributed by atoms with Gasteiger partial charge in [-0.05, 0) is 33.6 Å². The monoisotopic (exact) mass is 328 g/mol. The van der Waals surface area contributed by atoms with Gasteiger partial charge >= 0.3 is 5.97 Å². The fraction of sp³-hybridized carbons (Fsp3) is 0. The number of halogens is 1. The highest BCUT2D eigenvalue weighted by molar-refractivity contribution is 9.10. The zero-order chi connectivity index (χ0) is 13.9. The van der Waals surface area contributed by atoms with Crippen LogP contribution in [-0.4, -0.2) is 16.9 Å². The van der Waals surface area contributed by atoms with Gasteiger partial charge in [0, 0.05) is 16.9 Å². The Morgan fingerprint density at radius 1 is 1.15 bits per heavy atom. The Kier molecular flexibility index (Phi) is 3.43. The van der Waals surface area contributed by atoms with Crippen LogP contribution in [0.3, 0.4) is 0 Å². The minimum absolute atomic E-state index is 0.269. The zero-order valence-corrected chi connectivity index (χ0v) is 11.9. The van der Waals surface area contributed by atoms with Crippen LogP contribution in [0.2, 0.25) is 0 Å². The van der Waals surface area contributed by atoms with Gasteiger partial charge in [-0.2, -0.15) is 0 Å². The van der Waals surface area contributed by atoms with E-state index in [1.807, 2.05) is 30.3 Å². The van der Waals surface area contributed by atoms with Crippen LogP contribution < -0.4 is 0 Å². The van der Waals surface area contributed by atoms with Gasteiger partial charge in [0.25, 0.3) is 0 Å². The average molecular weight is 329 g/mol. The summed E-state index contributed by atoms with van der Waals surface area (Å²) in [5.74, 6) is -0.185. The topological polar surface area (TPSA) is 51.5 Å². The lowest BCUT2D eigenvalue weighted by molar-refractivity contribution is -0.129. The predicted octanol–water partition coefficient (Wildman–Crippen LogP) is 3.19. The summed E-state index contributed by atoms with van der Waals surface area (Å²) >= 11 is 3.32. The number of nitrogens with zero attached hydrogens (tertiary/aromatic N) is 2. The number of aliphatic imine (C=N–C) groups is 1. The molecule has 1 aliphatic heterocycles. The highest BCUT2D eigenvalue weighted by Gasteiger charge is 2.24. The van der Waals surface area contributed by atoms with Gasteiger partial charge in [-0.25, -0.2) is 9.79 Å². The standard InChI is InChI=1S/C15H9BrN2O2/c16-12-7-11(8-17-9-12)14-18-13(15(19)20-14)6-10-4-2-1-3-5-10/h1-9H. The van der Waals surface area contributed by atoms with Crippen LogP contribution in [-0.2, 0) is 9.53 Å². The fourth-order valence-corrected chi connectivity index (χ4v) is 2.13. The maximum atomic E-state index is 11.8. The van der Waals surface area contributed by atoms with Crippen LogP contribution in [0.15, 0.2) is 64.0 Å². The molecule has 98 valence electrons. The van der Waals surface area contributed by atoms with E-state index in [1.165, 1.54) is 0 Å². The summed E-state index contributed by atoms with van der Waals surface area (Å²) in [5, 5.41) is 0. The van der Waals surface area contributed by atoms with E-state index in [9.17, 15) is 4.79 Å². The van der Waals surface area contributed by atoms with Gasteiger partial charge in [-0.1, -0.05) is 30.3 Å². The first-order chi connectivity index (χ1) is 9.72. The summed E-state index contributed by atoms with van der Waals surface area (Å²) in [5.41, 5.74) is 1.84. The van der Waals surface area contributed by atoms with E-state index in [0.717, 1.165) is 10.0 Å². The molecule has 0 bridgehead atoms. The largest absolute Gasteiger partial charge is 0.402 e. The summed E-state index contributed by atoms with van der Waals surface area (Å²) < 4.78 is 5.97. The predicted molar refractivity (Wildman–Crippen MR) is 79.0 cm³/mol. The molecule has 0 aliphatic carbocycles. The Morgan fingerprint density at radius 3 is 2.70 bits per heavy atom. The lowest BCUT2D eigenvalue weighted by Gasteiger charge is -1.98. The molecule has 0 N–H and O–H groups in total. The Labute approximate surface area is 124 Å². The van der Waals surface area contributed by atoms with Crippen molar-refractivity contribution in [3.63, 3.8) is 0 Å². The number of hydrogen-bond donors (Lipinski definition) is 0. The van der Waals surface area contributed by atoms with Gasteiger partial charge in [-0.15, -0.1) is 0 Å². The summed E-state index contributed by atoms with van der Waals surface area (Å²) in [4.78, 5) is 20.1. The number of benzene rings is 1. The number of pyridine rings is 1. The molecule has 5 heteroatoms. The fourth-order valence-electron chi connectivity index (χ4n) is 1.77. The van der Waals surface area contributed by atoms with Gasteiger partial charge in [0.05, 0.1) is 5.56 Å². The molecule has 0 fully saturated rings. The van der Waals surface area contributed by atoms with Gasteiger partial charge in [-0.3, -0.25) is 4.98 Å². The van der Waals surface area contributed by atoms with Gasteiger partial charge in [0.2, 0.25) is 5.90 Å². The van der Waals surface area contributed by atoms with Gasteiger partial charge in [0.1, 0.15) is 0 Å². The number of rotatable bonds is 2. The zero-order valence-electron chi connectivity index (χ0n) is 10.3. The number of aromatic nitrogens is 1. The second-order valence-electron chi connectivity index (χ2n) is 4.14. The minimum Gasteiger partial charge on any atom is -0.402 e. The first-order valence-corrected chi connectivity index (χ1v) is 6.70. The van der Waals surface area contributed by atoms with E-state index in [4.69, 9.17) is 4.74 Å². The molecule has 4 nitrogen and oxygen atoms in total. The van der Waals surface area contributed by atoms with E-state index < -0.39 is 5.97 Å². The quantitative estimate of drug-likeness (QED) is 0.628. The van der Waals surface area contributed by atoms with Crippen molar-refractivity contribution >= 4 is 33.9 Å². The van der Waals surface area contributed by atoms with Crippen molar-refractivity contribution in [3.05, 3.63) is 70.1 Å². The highest BCUT2D eigenvalue weighted by Crippen LogP contribution is 2.20. The molecule has 3 rings (SSSR count). The van der Waals surface area contributed by atoms with E-state index in [1.54, 1.807) is 24.5 Å². The van der Waals surface area contributed by atoms with Crippen LogP contribution in [0.25, 0.3) is 6.08 Å². The number of ether oxygens (including phenoxy) is 1. The highest BCUT2D eigenvalue weighted by atomic mass is 79.9. The molecule has 0 radical (unpaired) electrons. The van der Waals surface area contributed by atoms with Crippen LogP contribution in [0.4, 0.5) is 0 Å². The van der Waals surface area contributed by atoms with Gasteiger partial charge in [0.15, 0.2) is 5.70 Å². The SMILES string of the molecule is O=C1OC(c2cncc(Br)c2)=NC1=Cc1ccccc1. The Balaban J connectivity index is 1.95. The smallest absolute Gasteiger partial charge is 0.363 e. The Hall–Kier alpha value is -2.27. The number of cyclic esters (lactones) is 1. The maximum absolute atomic E-state index is 11.8. The number of esters is 1. The van der Waals surface area contributed by atoms with Crippen molar-refractivity contribution in [2.75, 3.05) is 0 Å². The molecule has 0 spiro atoms. The van der Waals surface area contributed by atoms with Crippen molar-refractivity contribution in [1.29, 1.82) is 0 Å². The maximum Gasteiger partial charge on any atom is 0.363 e. The van der Waals surface area contributed by atoms with Crippen LogP contribution in [0.1, 0.15) is 11.1 Å². The third-order valence-corrected chi connectivity index (χ3v) is 3.11. The average Bonchev–Trinajstić information content (AvgIpc) is 2.81. The molecule has 0 amide bonds. The van der Waals surface area contributed by atoms with E-state index >= 15 is 0 Å². The third-order valence-electron chi connectivity index (χ3n) is 2.68. The number of hydrogen-bond acceptors (Lipinski definition) is 4. The van der Waals surface area contributed by atoms with Crippen molar-refractivity contribution < 1.29 is 9.53 Å². The van der Waals surface area contributed by atoms with E-state index in [-0.39, 0.29) is 11.6 Å². The molecule has 1 aromatic heterocycles. The van der Waals surface area contributed by atoms with E-state index in [0.29, 0.717) is 5.56 Å². The van der Waals surface area contributed by atoms with Gasteiger partial charge < -0.3 is 4.74 Å². The second-order valence-corrected chi connectivity index (χ2v) is 5.05. The first-order valence-electron chi connectivity index (χ1n) is 5.91. The van der Waals surface area contributed by atoms with E-state index in [2.05, 4.69) is 25.9 Å². The molecular formula is C15H9BrN2O2. The Bertz CT molecular complexity index is 724. The molecule has 20 heavy (non-hydrogen) atoms. The van der Waals surface area contributed by atoms with Crippen LogP contribution in [0.5, 0.6) is 0 Å². The molecule has 0 saturated heterocycles. The summed E-state index contributed by atoms with van der Waals surface area (Å²) in [7, 11) is 0. The summed E-state index contributed by atoms with van der Waals surface area (Å²) in [6, 6.07) is 11.3. The summed E-state index contributed by atoms with van der Waals surface area (Å²) in [6.45, 7) is 0.